The van der Waals surface area contributed by atoms with E-state index in [0.29, 0.717) is 19.3 Å². The number of rotatable bonds is 6. The topological polar surface area (TPSA) is 64.0 Å². The van der Waals surface area contributed by atoms with Crippen LogP contribution in [-0.4, -0.2) is 28.8 Å². The molecule has 5 heteroatoms. The van der Waals surface area contributed by atoms with Crippen LogP contribution in [0.4, 0.5) is 0 Å². The lowest BCUT2D eigenvalue weighted by atomic mass is 9.98. The van der Waals surface area contributed by atoms with Gasteiger partial charge in [0.25, 0.3) is 0 Å². The smallest absolute Gasteiger partial charge is 0.223 e. The van der Waals surface area contributed by atoms with E-state index in [0.717, 1.165) is 23.1 Å². The molecule has 1 amide bonds. The maximum atomic E-state index is 11.9. The number of nitrogens with zero attached hydrogens (tertiary/aromatic N) is 2. The molecule has 0 fully saturated rings. The SMILES string of the molecule is CNC(=O)C(CCC=O)Cc1nc2ccccc2n1C. The minimum atomic E-state index is -0.222. The third-order valence-corrected chi connectivity index (χ3v) is 3.56. The van der Waals surface area contributed by atoms with Crippen molar-refractivity contribution < 1.29 is 9.59 Å². The number of fused-ring (bicyclic) bond motifs is 1. The molecule has 0 aliphatic carbocycles. The van der Waals surface area contributed by atoms with E-state index in [2.05, 4.69) is 10.3 Å². The number of aldehydes is 1. The van der Waals surface area contributed by atoms with Crippen LogP contribution in [0, 0.1) is 5.92 Å². The van der Waals surface area contributed by atoms with E-state index >= 15 is 0 Å². The summed E-state index contributed by atoms with van der Waals surface area (Å²) < 4.78 is 2.01. The van der Waals surface area contributed by atoms with Gasteiger partial charge in [0.15, 0.2) is 0 Å². The standard InChI is InChI=1S/C15H19N3O2/c1-16-15(20)11(6-5-9-19)10-14-17-12-7-3-4-8-13(12)18(14)2/h3-4,7-9,11H,5-6,10H2,1-2H3,(H,16,20). The fourth-order valence-corrected chi connectivity index (χ4v) is 2.40. The second-order valence-corrected chi connectivity index (χ2v) is 4.84. The molecule has 0 aliphatic rings. The molecule has 0 radical (unpaired) electrons. The third-order valence-electron chi connectivity index (χ3n) is 3.56. The van der Waals surface area contributed by atoms with Crippen molar-refractivity contribution in [2.24, 2.45) is 13.0 Å². The zero-order valence-corrected chi connectivity index (χ0v) is 11.8. The Hall–Kier alpha value is -2.17. The first-order chi connectivity index (χ1) is 9.67. The fourth-order valence-electron chi connectivity index (χ4n) is 2.40. The second kappa shape index (κ2) is 6.32. The van der Waals surface area contributed by atoms with Crippen molar-refractivity contribution in [3.63, 3.8) is 0 Å². The molecule has 2 rings (SSSR count). The number of aryl methyl sites for hydroxylation is 1. The Kier molecular flexibility index (Phi) is 4.50. The second-order valence-electron chi connectivity index (χ2n) is 4.84. The van der Waals surface area contributed by atoms with Crippen LogP contribution in [0.5, 0.6) is 0 Å². The van der Waals surface area contributed by atoms with Crippen LogP contribution in [0.15, 0.2) is 24.3 Å². The Bertz CT molecular complexity index is 619. The number of aromatic nitrogens is 2. The highest BCUT2D eigenvalue weighted by atomic mass is 16.1. The van der Waals surface area contributed by atoms with Crippen molar-refractivity contribution in [3.05, 3.63) is 30.1 Å². The van der Waals surface area contributed by atoms with Gasteiger partial charge < -0.3 is 14.7 Å². The van der Waals surface area contributed by atoms with Gasteiger partial charge in [-0.25, -0.2) is 4.98 Å². The van der Waals surface area contributed by atoms with Gasteiger partial charge in [-0.15, -0.1) is 0 Å². The summed E-state index contributed by atoms with van der Waals surface area (Å²) in [4.78, 5) is 27.0. The zero-order valence-electron chi connectivity index (χ0n) is 11.8. The van der Waals surface area contributed by atoms with Gasteiger partial charge in [-0.05, 0) is 18.6 Å². The van der Waals surface area contributed by atoms with Crippen molar-refractivity contribution in [2.45, 2.75) is 19.3 Å². The molecule has 0 saturated carbocycles. The average molecular weight is 273 g/mol. The summed E-state index contributed by atoms with van der Waals surface area (Å²) >= 11 is 0. The maximum Gasteiger partial charge on any atom is 0.223 e. The van der Waals surface area contributed by atoms with Crippen LogP contribution >= 0.6 is 0 Å². The van der Waals surface area contributed by atoms with E-state index in [4.69, 9.17) is 0 Å². The minimum Gasteiger partial charge on any atom is -0.359 e. The molecule has 0 bridgehead atoms. The summed E-state index contributed by atoms with van der Waals surface area (Å²) in [5.74, 6) is 0.602. The number of carbonyl (C=O) groups excluding carboxylic acids is 2. The Morgan fingerprint density at radius 2 is 2.20 bits per heavy atom. The van der Waals surface area contributed by atoms with Crippen LogP contribution in [0.25, 0.3) is 11.0 Å². The minimum absolute atomic E-state index is 0.0427. The molecule has 2 aromatic rings. The molecular weight excluding hydrogens is 254 g/mol. The quantitative estimate of drug-likeness (QED) is 0.810. The Morgan fingerprint density at radius 1 is 1.45 bits per heavy atom. The largest absolute Gasteiger partial charge is 0.359 e. The van der Waals surface area contributed by atoms with Gasteiger partial charge in [-0.1, -0.05) is 12.1 Å². The average Bonchev–Trinajstić information content (AvgIpc) is 2.79. The first-order valence-corrected chi connectivity index (χ1v) is 6.73. The summed E-state index contributed by atoms with van der Waals surface area (Å²) in [6.45, 7) is 0. The number of para-hydroxylation sites is 2. The van der Waals surface area contributed by atoms with Gasteiger partial charge >= 0.3 is 0 Å². The van der Waals surface area contributed by atoms with Gasteiger partial charge in [0.2, 0.25) is 5.91 Å². The zero-order chi connectivity index (χ0) is 14.5. The molecule has 1 atom stereocenters. The first-order valence-electron chi connectivity index (χ1n) is 6.73. The highest BCUT2D eigenvalue weighted by molar-refractivity contribution is 5.79. The number of benzene rings is 1. The van der Waals surface area contributed by atoms with E-state index in [1.807, 2.05) is 35.9 Å². The van der Waals surface area contributed by atoms with Crippen molar-refractivity contribution in [2.75, 3.05) is 7.05 Å². The van der Waals surface area contributed by atoms with E-state index < -0.39 is 0 Å². The van der Waals surface area contributed by atoms with Crippen LogP contribution in [0.1, 0.15) is 18.7 Å². The lowest BCUT2D eigenvalue weighted by Crippen LogP contribution is -2.29. The molecule has 0 aliphatic heterocycles. The van der Waals surface area contributed by atoms with Crippen LogP contribution < -0.4 is 5.32 Å². The fraction of sp³-hybridized carbons (Fsp3) is 0.400. The van der Waals surface area contributed by atoms with Crippen molar-refractivity contribution in [1.29, 1.82) is 0 Å². The van der Waals surface area contributed by atoms with Crippen molar-refractivity contribution in [3.8, 4) is 0 Å². The molecule has 1 N–H and O–H groups in total. The molecule has 0 saturated heterocycles. The molecular formula is C15H19N3O2. The highest BCUT2D eigenvalue weighted by Crippen LogP contribution is 2.19. The summed E-state index contributed by atoms with van der Waals surface area (Å²) in [7, 11) is 3.57. The normalized spacial score (nSPS) is 12.3. The van der Waals surface area contributed by atoms with Crippen LogP contribution in [0.3, 0.4) is 0 Å². The summed E-state index contributed by atoms with van der Waals surface area (Å²) in [6, 6.07) is 7.88. The molecule has 20 heavy (non-hydrogen) atoms. The molecule has 1 aromatic carbocycles. The number of carbonyl (C=O) groups is 2. The van der Waals surface area contributed by atoms with Crippen LogP contribution in [0.2, 0.25) is 0 Å². The molecule has 1 aromatic heterocycles. The predicted octanol–water partition coefficient (Wildman–Crippen LogP) is 1.46. The number of nitrogens with one attached hydrogen (secondary N) is 1. The monoisotopic (exact) mass is 273 g/mol. The number of hydrogen-bond acceptors (Lipinski definition) is 3. The third kappa shape index (κ3) is 2.87. The van der Waals surface area contributed by atoms with E-state index in [1.165, 1.54) is 0 Å². The number of imidazole rings is 1. The van der Waals surface area contributed by atoms with Crippen LogP contribution in [-0.2, 0) is 23.1 Å². The Balaban J connectivity index is 2.25. The Morgan fingerprint density at radius 3 is 2.85 bits per heavy atom. The molecule has 1 unspecified atom stereocenters. The Labute approximate surface area is 118 Å². The summed E-state index contributed by atoms with van der Waals surface area (Å²) in [5, 5.41) is 2.66. The van der Waals surface area contributed by atoms with E-state index in [1.54, 1.807) is 7.05 Å². The first kappa shape index (κ1) is 14.2. The van der Waals surface area contributed by atoms with E-state index in [-0.39, 0.29) is 11.8 Å². The van der Waals surface area contributed by atoms with Gasteiger partial charge in [-0.3, -0.25) is 4.79 Å². The van der Waals surface area contributed by atoms with E-state index in [9.17, 15) is 9.59 Å². The molecule has 5 nitrogen and oxygen atoms in total. The predicted molar refractivity (Wildman–Crippen MR) is 77.3 cm³/mol. The number of hydrogen-bond donors (Lipinski definition) is 1. The summed E-state index contributed by atoms with van der Waals surface area (Å²) in [5.41, 5.74) is 1.98. The van der Waals surface area contributed by atoms with Gasteiger partial charge in [0.05, 0.1) is 11.0 Å². The molecule has 1 heterocycles. The molecule has 0 spiro atoms. The highest BCUT2D eigenvalue weighted by Gasteiger charge is 2.20. The maximum absolute atomic E-state index is 11.9. The lowest BCUT2D eigenvalue weighted by Gasteiger charge is -2.13. The van der Waals surface area contributed by atoms with Crippen molar-refractivity contribution in [1.82, 2.24) is 14.9 Å². The summed E-state index contributed by atoms with van der Waals surface area (Å²) in [6.07, 6.45) is 2.33. The van der Waals surface area contributed by atoms with Crippen molar-refractivity contribution >= 4 is 23.2 Å². The molecule has 106 valence electrons. The van der Waals surface area contributed by atoms with Gasteiger partial charge in [-0.2, -0.15) is 0 Å². The number of amides is 1. The van der Waals surface area contributed by atoms with Gasteiger partial charge in [0.1, 0.15) is 12.1 Å². The lowest BCUT2D eigenvalue weighted by molar-refractivity contribution is -0.124. The van der Waals surface area contributed by atoms with Gasteiger partial charge in [0, 0.05) is 32.9 Å².